The molecule has 7 aromatic carbocycles. The van der Waals surface area contributed by atoms with Gasteiger partial charge in [-0.1, -0.05) is 168 Å². The summed E-state index contributed by atoms with van der Waals surface area (Å²) in [7, 11) is 0. The minimum atomic E-state index is -2.66. The van der Waals surface area contributed by atoms with Gasteiger partial charge in [0.1, 0.15) is 5.58 Å². The van der Waals surface area contributed by atoms with E-state index < -0.39 is 44.1 Å². The number of furan rings is 1. The molecule has 1 radical (unpaired) electrons. The molecule has 0 amide bonds. The van der Waals surface area contributed by atoms with E-state index in [0.29, 0.717) is 44.8 Å². The van der Waals surface area contributed by atoms with Crippen molar-refractivity contribution in [1.82, 2.24) is 9.97 Å². The second kappa shape index (κ2) is 18.4. The van der Waals surface area contributed by atoms with Crippen molar-refractivity contribution in [2.45, 2.75) is 74.8 Å². The van der Waals surface area contributed by atoms with Crippen LogP contribution in [0.15, 0.2) is 156 Å². The van der Waals surface area contributed by atoms with Crippen LogP contribution in [-0.4, -0.2) is 9.97 Å². The van der Waals surface area contributed by atoms with E-state index in [1.54, 1.807) is 63.4 Å². The average Bonchev–Trinajstić information content (AvgIpc) is 3.98. The van der Waals surface area contributed by atoms with Gasteiger partial charge in [-0.05, 0) is 121 Å². The van der Waals surface area contributed by atoms with Crippen molar-refractivity contribution < 1.29 is 42.3 Å². The average molecular weight is 1040 g/mol. The Balaban J connectivity index is 0.000000230. The molecule has 0 saturated heterocycles. The number of rotatable bonds is 6. The Morgan fingerprint density at radius 3 is 2.03 bits per heavy atom. The summed E-state index contributed by atoms with van der Waals surface area (Å²) in [4.78, 5) is 8.99. The van der Waals surface area contributed by atoms with Gasteiger partial charge in [0.25, 0.3) is 0 Å². The van der Waals surface area contributed by atoms with Crippen LogP contribution in [0.2, 0.25) is 0 Å². The molecule has 0 aliphatic rings. The van der Waals surface area contributed by atoms with E-state index in [4.69, 9.17) is 22.2 Å². The maximum atomic E-state index is 8.76. The molecule has 327 valence electrons. The third-order valence-corrected chi connectivity index (χ3v) is 10.9. The van der Waals surface area contributed by atoms with Gasteiger partial charge >= 0.3 is 0 Å². The molecule has 4 heteroatoms. The quantitative estimate of drug-likeness (QED) is 0.123. The number of hydrogen-bond donors (Lipinski definition) is 0. The van der Waals surface area contributed by atoms with Crippen LogP contribution in [0.5, 0.6) is 0 Å². The Bertz CT molecular complexity index is 3850. The Hall–Kier alpha value is -6.19. The van der Waals surface area contributed by atoms with Gasteiger partial charge in [-0.3, -0.25) is 0 Å². The van der Waals surface area contributed by atoms with Gasteiger partial charge < -0.3 is 14.4 Å². The first kappa shape index (κ1) is 31.6. The van der Waals surface area contributed by atoms with E-state index in [-0.39, 0.29) is 53.5 Å². The van der Waals surface area contributed by atoms with Crippen LogP contribution in [0, 0.1) is 43.5 Å². The van der Waals surface area contributed by atoms with E-state index in [0.717, 1.165) is 37.9 Å². The van der Waals surface area contributed by atoms with Gasteiger partial charge in [-0.25, -0.2) is 0 Å². The first-order valence-corrected chi connectivity index (χ1v) is 21.3. The standard InChI is InChI=1S/C38H32NO.C23H24N.Ir/c1-23-17-25(21-38(3,4)5)13-16-28(23)32-19-35(39-22-24(32)2)31-12-8-11-30-34-18-27-15-14-26-9-6-7-10-29(26)33(27)20-36(34)40-37(30)31;1-17-10-12-20(14-21(17)19-8-6-5-7-9-19)22-13-11-18(16-24-22)15-23(2,3)4;/h6-11,13-20,22H,21H2,1-5H3;5-11,13-14,16H,15H2,1-4H3;/q2*-1;/i1D3,2D3,21D2;1D3,15D2;. The number of aromatic nitrogens is 2. The van der Waals surface area contributed by atoms with Crippen LogP contribution in [0.4, 0.5) is 0 Å². The van der Waals surface area contributed by atoms with Gasteiger partial charge in [0.15, 0.2) is 0 Å². The maximum Gasteiger partial charge on any atom is 0.121 e. The largest absolute Gasteiger partial charge is 0.501 e. The molecule has 3 nitrogen and oxygen atoms in total. The molecule has 0 unspecified atom stereocenters. The molecule has 10 aromatic rings. The van der Waals surface area contributed by atoms with E-state index in [1.807, 2.05) is 75.4 Å². The number of hydrogen-bond acceptors (Lipinski definition) is 3. The summed E-state index contributed by atoms with van der Waals surface area (Å²) in [5.41, 5.74) is 4.46. The molecule has 0 aliphatic heterocycles. The Morgan fingerprint density at radius 2 is 1.28 bits per heavy atom. The second-order valence-corrected chi connectivity index (χ2v) is 18.2. The fraction of sp³-hybridized carbons (Fsp3) is 0.213. The predicted molar refractivity (Wildman–Crippen MR) is 271 cm³/mol. The third-order valence-electron chi connectivity index (χ3n) is 10.9. The molecular formula is C61H56IrN2O-2. The molecule has 10 rings (SSSR count). The molecule has 0 saturated carbocycles. The number of nitrogens with zero attached hydrogens (tertiary/aromatic N) is 2. The molecule has 0 spiro atoms. The topological polar surface area (TPSA) is 38.9 Å². The molecule has 0 N–H and O–H groups in total. The fourth-order valence-corrected chi connectivity index (χ4v) is 8.09. The zero-order valence-corrected chi connectivity index (χ0v) is 39.5. The van der Waals surface area contributed by atoms with Crippen LogP contribution in [0.3, 0.4) is 0 Å². The summed E-state index contributed by atoms with van der Waals surface area (Å²) < 4.78 is 114. The molecule has 0 bridgehead atoms. The van der Waals surface area contributed by atoms with Gasteiger partial charge in [0, 0.05) is 55.7 Å². The smallest absolute Gasteiger partial charge is 0.121 e. The van der Waals surface area contributed by atoms with Gasteiger partial charge in [-0.2, -0.15) is 0 Å². The van der Waals surface area contributed by atoms with Crippen molar-refractivity contribution in [2.75, 3.05) is 0 Å². The van der Waals surface area contributed by atoms with Crippen molar-refractivity contribution in [2.24, 2.45) is 10.8 Å². The first-order valence-electron chi connectivity index (χ1n) is 27.8. The minimum Gasteiger partial charge on any atom is -0.501 e. The number of fused-ring (bicyclic) bond motifs is 6. The Labute approximate surface area is 416 Å². The minimum absolute atomic E-state index is 0. The normalized spacial score (nSPS) is 15.8. The van der Waals surface area contributed by atoms with Crippen molar-refractivity contribution in [3.63, 3.8) is 0 Å². The molecule has 65 heavy (non-hydrogen) atoms. The second-order valence-electron chi connectivity index (χ2n) is 18.2. The van der Waals surface area contributed by atoms with Gasteiger partial charge in [0.2, 0.25) is 0 Å². The molecule has 0 fully saturated rings. The summed E-state index contributed by atoms with van der Waals surface area (Å²) >= 11 is 0. The summed E-state index contributed by atoms with van der Waals surface area (Å²) in [6, 6.07) is 48.6. The van der Waals surface area contributed by atoms with Crippen LogP contribution < -0.4 is 0 Å². The van der Waals surface area contributed by atoms with E-state index in [2.05, 4.69) is 52.4 Å². The zero-order valence-electron chi connectivity index (χ0n) is 50.1. The monoisotopic (exact) mass is 1040 g/mol. The molecule has 3 heterocycles. The summed E-state index contributed by atoms with van der Waals surface area (Å²) in [6.45, 7) is 3.29. The number of pyridine rings is 2. The van der Waals surface area contributed by atoms with Crippen molar-refractivity contribution in [3.8, 4) is 44.8 Å². The van der Waals surface area contributed by atoms with E-state index in [9.17, 15) is 0 Å². The van der Waals surface area contributed by atoms with Crippen molar-refractivity contribution in [1.29, 1.82) is 0 Å². The Morgan fingerprint density at radius 1 is 0.554 bits per heavy atom. The van der Waals surface area contributed by atoms with Crippen LogP contribution in [-0.2, 0) is 32.9 Å². The van der Waals surface area contributed by atoms with Crippen molar-refractivity contribution >= 4 is 43.5 Å². The molecular weight excluding hydrogens is 969 g/mol. The Kier molecular flexibility index (Phi) is 8.94. The molecule has 3 aromatic heterocycles. The van der Waals surface area contributed by atoms with Crippen LogP contribution >= 0.6 is 0 Å². The fourth-order valence-electron chi connectivity index (χ4n) is 8.09. The van der Waals surface area contributed by atoms with Gasteiger partial charge in [-0.15, -0.1) is 47.5 Å². The van der Waals surface area contributed by atoms with E-state index in [1.165, 1.54) is 24.4 Å². The maximum absolute atomic E-state index is 8.76. The van der Waals surface area contributed by atoms with E-state index >= 15 is 0 Å². The zero-order chi connectivity index (χ0) is 55.8. The third kappa shape index (κ3) is 9.91. The first-order chi connectivity index (χ1) is 35.9. The van der Waals surface area contributed by atoms with Crippen LogP contribution in [0.25, 0.3) is 88.3 Å². The van der Waals surface area contributed by atoms with Gasteiger partial charge in [0.05, 0.1) is 5.58 Å². The predicted octanol–water partition coefficient (Wildman–Crippen LogP) is 16.7. The molecule has 0 aliphatic carbocycles. The molecule has 0 atom stereocenters. The van der Waals surface area contributed by atoms with Crippen LogP contribution in [0.1, 0.15) is 87.2 Å². The summed E-state index contributed by atoms with van der Waals surface area (Å²) in [5, 5.41) is 6.12. The number of benzene rings is 7. The SMILES string of the molecule is [2H]C([2H])([2H])c1c[c-]c(-c2ccc(C([2H])([2H])C(C)(C)C)cn2)cc1-c1ccccc1.[2H]C([2H])([2H])c1cnc(-c2[c-]ccc3c2oc2cc4c(ccc5ccccc54)cc23)cc1-c1ccc(C([2H])([2H])C(C)(C)C)cc1C([2H])([2H])[2H].[Ir]. The van der Waals surface area contributed by atoms with Crippen molar-refractivity contribution in [3.05, 3.63) is 192 Å². The summed E-state index contributed by atoms with van der Waals surface area (Å²) in [5.74, 6) is 0. The summed E-state index contributed by atoms with van der Waals surface area (Å²) in [6.07, 6.45) is -0.569. The number of aryl methyl sites for hydroxylation is 3.